The quantitative estimate of drug-likeness (QED) is 0.450. The molecule has 0 saturated carbocycles. The first-order valence-electron chi connectivity index (χ1n) is 8.87. The summed E-state index contributed by atoms with van der Waals surface area (Å²) in [6.07, 6.45) is -10.7. The lowest BCUT2D eigenvalue weighted by Crippen LogP contribution is -2.33. The topological polar surface area (TPSA) is 103 Å². The Morgan fingerprint density at radius 2 is 1.69 bits per heavy atom. The van der Waals surface area contributed by atoms with Gasteiger partial charge < -0.3 is 4.74 Å². The fourth-order valence-corrected chi connectivity index (χ4v) is 4.46. The molecule has 0 fully saturated rings. The first-order chi connectivity index (χ1) is 16.1. The van der Waals surface area contributed by atoms with Gasteiger partial charge in [0.25, 0.3) is 15.9 Å². The van der Waals surface area contributed by atoms with E-state index in [1.54, 1.807) is 0 Å². The fraction of sp³-hybridized carbons (Fsp3) is 0.167. The number of ether oxygens (including phenoxy) is 1. The van der Waals surface area contributed by atoms with E-state index in [4.69, 9.17) is 27.9 Å². The molecule has 188 valence electrons. The summed E-state index contributed by atoms with van der Waals surface area (Å²) in [7, 11) is -3.69. The minimum atomic E-state index is -5.49. The van der Waals surface area contributed by atoms with Crippen molar-refractivity contribution >= 4 is 39.1 Å². The molecule has 35 heavy (non-hydrogen) atoms. The van der Waals surface area contributed by atoms with E-state index in [9.17, 15) is 39.6 Å². The molecule has 8 nitrogen and oxygen atoms in total. The number of sulfonamides is 1. The molecule has 1 aromatic heterocycles. The highest BCUT2D eigenvalue weighted by Gasteiger charge is 2.44. The van der Waals surface area contributed by atoms with Gasteiger partial charge in [0.05, 0.1) is 23.4 Å². The lowest BCUT2D eigenvalue weighted by Gasteiger charge is -2.16. The standard InChI is InChI=1S/C18H10Cl2F6N4O4S/c1-34-9-3-4-11(20)13(7-9)35(32,33)28-16(31)14-15(18(24,25)26)30(29-27-14)12-5-2-8(19)6-10(12)17(21,22)23/h2-7H,1H3,(H,28,31). The number of amides is 1. The van der Waals surface area contributed by atoms with Crippen LogP contribution in [0, 0.1) is 0 Å². The smallest absolute Gasteiger partial charge is 0.435 e. The van der Waals surface area contributed by atoms with Gasteiger partial charge in [-0.15, -0.1) is 5.10 Å². The number of alkyl halides is 6. The Hall–Kier alpha value is -3.04. The van der Waals surface area contributed by atoms with Gasteiger partial charge in [-0.3, -0.25) is 4.79 Å². The first kappa shape index (κ1) is 26.6. The van der Waals surface area contributed by atoms with Gasteiger partial charge in [0, 0.05) is 11.1 Å². The third-order valence-corrected chi connectivity index (χ3v) is 6.35. The third-order valence-electron chi connectivity index (χ3n) is 4.30. The van der Waals surface area contributed by atoms with Crippen LogP contribution >= 0.6 is 23.2 Å². The lowest BCUT2D eigenvalue weighted by atomic mass is 10.1. The number of rotatable bonds is 5. The molecular formula is C18H10Cl2F6N4O4S. The maximum atomic E-state index is 13.8. The van der Waals surface area contributed by atoms with Crippen molar-refractivity contribution in [3.63, 3.8) is 0 Å². The summed E-state index contributed by atoms with van der Waals surface area (Å²) >= 11 is 11.4. The van der Waals surface area contributed by atoms with Crippen LogP contribution in [0.3, 0.4) is 0 Å². The van der Waals surface area contributed by atoms with Crippen LogP contribution in [-0.4, -0.2) is 36.4 Å². The molecule has 0 aliphatic heterocycles. The summed E-state index contributed by atoms with van der Waals surface area (Å²) in [5.41, 5.74) is -6.43. The third kappa shape index (κ3) is 5.46. The normalized spacial score (nSPS) is 12.5. The number of nitrogens with zero attached hydrogens (tertiary/aromatic N) is 3. The van der Waals surface area contributed by atoms with Gasteiger partial charge >= 0.3 is 12.4 Å². The first-order valence-corrected chi connectivity index (χ1v) is 11.1. The van der Waals surface area contributed by atoms with E-state index in [0.717, 1.165) is 18.2 Å². The SMILES string of the molecule is COc1ccc(Cl)c(S(=O)(=O)NC(=O)c2nnn(-c3ccc(Cl)cc3C(F)(F)F)c2C(F)(F)F)c1. The number of benzene rings is 2. The lowest BCUT2D eigenvalue weighted by molar-refractivity contribution is -0.145. The van der Waals surface area contributed by atoms with E-state index in [1.807, 2.05) is 0 Å². The van der Waals surface area contributed by atoms with Crippen molar-refractivity contribution < 1.29 is 44.3 Å². The molecule has 3 aromatic rings. The number of methoxy groups -OCH3 is 1. The van der Waals surface area contributed by atoms with Crippen molar-refractivity contribution in [2.24, 2.45) is 0 Å². The zero-order valence-electron chi connectivity index (χ0n) is 16.9. The fourth-order valence-electron chi connectivity index (χ4n) is 2.82. The summed E-state index contributed by atoms with van der Waals surface area (Å²) in [6.45, 7) is 0. The van der Waals surface area contributed by atoms with E-state index in [-0.39, 0.29) is 10.4 Å². The number of carbonyl (C=O) groups excluding carboxylic acids is 1. The molecule has 0 spiro atoms. The van der Waals surface area contributed by atoms with Crippen molar-refractivity contribution in [3.8, 4) is 11.4 Å². The van der Waals surface area contributed by atoms with Crippen LogP contribution < -0.4 is 9.46 Å². The van der Waals surface area contributed by atoms with Gasteiger partial charge in [0.15, 0.2) is 11.4 Å². The minimum Gasteiger partial charge on any atom is -0.497 e. The minimum absolute atomic E-state index is 0.00781. The Balaban J connectivity index is 2.13. The second-order valence-electron chi connectivity index (χ2n) is 6.59. The molecule has 1 amide bonds. The van der Waals surface area contributed by atoms with Crippen LogP contribution in [0.15, 0.2) is 41.3 Å². The average Bonchev–Trinajstić information content (AvgIpc) is 3.19. The van der Waals surface area contributed by atoms with Crippen molar-refractivity contribution in [2.75, 3.05) is 7.11 Å². The van der Waals surface area contributed by atoms with Gasteiger partial charge in [-0.1, -0.05) is 28.4 Å². The highest BCUT2D eigenvalue weighted by atomic mass is 35.5. The van der Waals surface area contributed by atoms with Gasteiger partial charge in [-0.05, 0) is 30.3 Å². The Morgan fingerprint density at radius 3 is 2.26 bits per heavy atom. The van der Waals surface area contributed by atoms with E-state index >= 15 is 0 Å². The van der Waals surface area contributed by atoms with E-state index in [2.05, 4.69) is 10.3 Å². The molecule has 0 saturated heterocycles. The number of hydrogen-bond acceptors (Lipinski definition) is 6. The second kappa shape index (κ2) is 9.20. The van der Waals surface area contributed by atoms with Crippen LogP contribution in [0.25, 0.3) is 5.69 Å². The zero-order valence-corrected chi connectivity index (χ0v) is 19.2. The van der Waals surface area contributed by atoms with Crippen LogP contribution in [0.2, 0.25) is 10.0 Å². The molecule has 0 unspecified atom stereocenters. The predicted molar refractivity (Wildman–Crippen MR) is 109 cm³/mol. The van der Waals surface area contributed by atoms with Crippen molar-refractivity contribution in [3.05, 3.63) is 63.4 Å². The molecule has 1 N–H and O–H groups in total. The van der Waals surface area contributed by atoms with E-state index in [0.29, 0.717) is 12.1 Å². The molecule has 1 heterocycles. The Labute approximate surface area is 202 Å². The average molecular weight is 563 g/mol. The summed E-state index contributed by atoms with van der Waals surface area (Å²) in [6, 6.07) is 5.07. The molecule has 0 bridgehead atoms. The van der Waals surface area contributed by atoms with Crippen LogP contribution in [0.4, 0.5) is 26.3 Å². The van der Waals surface area contributed by atoms with Gasteiger partial charge in [-0.2, -0.15) is 26.3 Å². The summed E-state index contributed by atoms with van der Waals surface area (Å²) in [5.74, 6) is -1.93. The highest BCUT2D eigenvalue weighted by Crippen LogP contribution is 2.39. The molecule has 0 atom stereocenters. The van der Waals surface area contributed by atoms with Crippen molar-refractivity contribution in [2.45, 2.75) is 17.2 Å². The Bertz CT molecular complexity index is 1410. The second-order valence-corrected chi connectivity index (χ2v) is 9.08. The summed E-state index contributed by atoms with van der Waals surface area (Å²) < 4.78 is 113. The molecule has 0 aliphatic carbocycles. The Morgan fingerprint density at radius 1 is 1.03 bits per heavy atom. The number of hydrogen-bond donors (Lipinski definition) is 1. The Kier molecular flexibility index (Phi) is 6.98. The molecular weight excluding hydrogens is 553 g/mol. The number of halogens is 8. The number of nitrogens with one attached hydrogen (secondary N) is 1. The van der Waals surface area contributed by atoms with E-state index < -0.39 is 65.9 Å². The van der Waals surface area contributed by atoms with Crippen molar-refractivity contribution in [1.82, 2.24) is 19.7 Å². The molecule has 0 radical (unpaired) electrons. The molecule has 17 heteroatoms. The van der Waals surface area contributed by atoms with Gasteiger partial charge in [-0.25, -0.2) is 17.8 Å². The predicted octanol–water partition coefficient (Wildman–Crippen LogP) is 4.74. The zero-order chi connectivity index (χ0) is 26.3. The van der Waals surface area contributed by atoms with Gasteiger partial charge in [0.1, 0.15) is 10.6 Å². The largest absolute Gasteiger partial charge is 0.497 e. The van der Waals surface area contributed by atoms with E-state index in [1.165, 1.54) is 17.9 Å². The summed E-state index contributed by atoms with van der Waals surface area (Å²) in [5, 5.41) is 5.19. The van der Waals surface area contributed by atoms with Gasteiger partial charge in [0.2, 0.25) is 0 Å². The number of carbonyl (C=O) groups is 1. The maximum absolute atomic E-state index is 13.8. The molecule has 0 aliphatic rings. The molecule has 3 rings (SSSR count). The monoisotopic (exact) mass is 562 g/mol. The van der Waals surface area contributed by atoms with Crippen LogP contribution in [-0.2, 0) is 22.4 Å². The maximum Gasteiger partial charge on any atom is 0.435 e. The highest BCUT2D eigenvalue weighted by molar-refractivity contribution is 7.90. The number of aromatic nitrogens is 3. The summed E-state index contributed by atoms with van der Waals surface area (Å²) in [4.78, 5) is 11.8. The van der Waals surface area contributed by atoms with Crippen molar-refractivity contribution in [1.29, 1.82) is 0 Å². The van der Waals surface area contributed by atoms with Crippen LogP contribution in [0.1, 0.15) is 21.7 Å². The molecule has 2 aromatic carbocycles. The van der Waals surface area contributed by atoms with Crippen LogP contribution in [0.5, 0.6) is 5.75 Å².